The van der Waals surface area contributed by atoms with Crippen molar-refractivity contribution in [1.29, 1.82) is 0 Å². The van der Waals surface area contributed by atoms with Crippen LogP contribution in [-0.2, 0) is 14.8 Å². The smallest absolute Gasteiger partial charge is 0.243 e. The molecule has 2 aromatic carbocycles. The highest BCUT2D eigenvalue weighted by Gasteiger charge is 2.16. The van der Waals surface area contributed by atoms with E-state index >= 15 is 0 Å². The second-order valence-electron chi connectivity index (χ2n) is 5.67. The third-order valence-electron chi connectivity index (χ3n) is 3.56. The molecule has 0 fully saturated rings. The Morgan fingerprint density at radius 1 is 1.12 bits per heavy atom. The monoisotopic (exact) mass is 381 g/mol. The van der Waals surface area contributed by atoms with Gasteiger partial charge < -0.3 is 10.6 Å². The number of aryl methyl sites for hydroxylation is 1. The van der Waals surface area contributed by atoms with Crippen molar-refractivity contribution in [2.45, 2.75) is 11.8 Å². The van der Waals surface area contributed by atoms with Gasteiger partial charge in [-0.05, 0) is 48.9 Å². The van der Waals surface area contributed by atoms with Crippen molar-refractivity contribution >= 4 is 38.9 Å². The Kier molecular flexibility index (Phi) is 6.05. The number of amides is 1. The van der Waals surface area contributed by atoms with Crippen LogP contribution in [0.3, 0.4) is 0 Å². The number of rotatable bonds is 6. The predicted octanol–water partition coefficient (Wildman–Crippen LogP) is 2.95. The van der Waals surface area contributed by atoms with E-state index in [2.05, 4.69) is 10.6 Å². The van der Waals surface area contributed by atoms with E-state index in [0.29, 0.717) is 10.7 Å². The third-order valence-corrected chi connectivity index (χ3v) is 5.62. The van der Waals surface area contributed by atoms with Crippen LogP contribution in [0, 0.1) is 6.92 Å². The molecule has 0 radical (unpaired) electrons. The van der Waals surface area contributed by atoms with Crippen molar-refractivity contribution in [3.05, 3.63) is 53.1 Å². The highest BCUT2D eigenvalue weighted by molar-refractivity contribution is 7.89. The van der Waals surface area contributed by atoms with Crippen LogP contribution in [0.2, 0.25) is 5.02 Å². The first-order valence-corrected chi connectivity index (χ1v) is 9.34. The largest absolute Gasteiger partial charge is 0.376 e. The first-order valence-electron chi connectivity index (χ1n) is 7.52. The maximum Gasteiger partial charge on any atom is 0.243 e. The summed E-state index contributed by atoms with van der Waals surface area (Å²) in [4.78, 5) is 12.2. The molecule has 1 amide bonds. The van der Waals surface area contributed by atoms with Gasteiger partial charge in [0.25, 0.3) is 0 Å². The van der Waals surface area contributed by atoms with E-state index in [1.54, 1.807) is 24.3 Å². The molecule has 8 heteroatoms. The maximum absolute atomic E-state index is 12.0. The number of benzene rings is 2. The number of hydrogen-bond donors (Lipinski definition) is 2. The Balaban J connectivity index is 1.98. The van der Waals surface area contributed by atoms with Gasteiger partial charge >= 0.3 is 0 Å². The summed E-state index contributed by atoms with van der Waals surface area (Å²) in [6.07, 6.45) is 0. The van der Waals surface area contributed by atoms with Crippen LogP contribution in [-0.4, -0.2) is 39.3 Å². The first-order chi connectivity index (χ1) is 11.7. The molecule has 6 nitrogen and oxygen atoms in total. The van der Waals surface area contributed by atoms with Gasteiger partial charge in [-0.2, -0.15) is 0 Å². The number of hydrogen-bond acceptors (Lipinski definition) is 4. The van der Waals surface area contributed by atoms with Crippen LogP contribution in [0.25, 0.3) is 0 Å². The van der Waals surface area contributed by atoms with E-state index in [4.69, 9.17) is 11.6 Å². The number of sulfonamides is 1. The Morgan fingerprint density at radius 3 is 2.36 bits per heavy atom. The fourth-order valence-electron chi connectivity index (χ4n) is 2.09. The van der Waals surface area contributed by atoms with Gasteiger partial charge in [0.05, 0.1) is 11.4 Å². The molecule has 25 heavy (non-hydrogen) atoms. The van der Waals surface area contributed by atoms with Crippen LogP contribution in [0.4, 0.5) is 11.4 Å². The minimum Gasteiger partial charge on any atom is -0.376 e. The van der Waals surface area contributed by atoms with Gasteiger partial charge in [-0.25, -0.2) is 12.7 Å². The topological polar surface area (TPSA) is 78.5 Å². The summed E-state index contributed by atoms with van der Waals surface area (Å²) < 4.78 is 25.1. The van der Waals surface area contributed by atoms with Gasteiger partial charge in [0.1, 0.15) is 0 Å². The predicted molar refractivity (Wildman–Crippen MR) is 101 cm³/mol. The number of halogens is 1. The van der Waals surface area contributed by atoms with Crippen LogP contribution in [0.15, 0.2) is 47.4 Å². The maximum atomic E-state index is 12.0. The minimum atomic E-state index is -3.48. The molecule has 0 heterocycles. The number of carbonyl (C=O) groups excluding carboxylic acids is 1. The second kappa shape index (κ2) is 7.86. The first kappa shape index (κ1) is 19.2. The number of carbonyl (C=O) groups is 1. The van der Waals surface area contributed by atoms with Crippen molar-refractivity contribution in [2.75, 3.05) is 31.3 Å². The van der Waals surface area contributed by atoms with E-state index in [-0.39, 0.29) is 17.3 Å². The molecule has 0 aliphatic rings. The summed E-state index contributed by atoms with van der Waals surface area (Å²) in [5.41, 5.74) is 2.29. The van der Waals surface area contributed by atoms with Crippen LogP contribution >= 0.6 is 11.6 Å². The summed E-state index contributed by atoms with van der Waals surface area (Å²) in [5.74, 6) is -0.248. The molecule has 134 valence electrons. The highest BCUT2D eigenvalue weighted by atomic mass is 35.5. The van der Waals surface area contributed by atoms with Crippen LogP contribution in [0.1, 0.15) is 5.56 Å². The molecule has 2 rings (SSSR count). The van der Waals surface area contributed by atoms with E-state index in [1.165, 1.54) is 26.2 Å². The molecule has 0 aromatic heterocycles. The fraction of sp³-hybridized carbons (Fsp3) is 0.235. The molecule has 0 saturated carbocycles. The second-order valence-corrected chi connectivity index (χ2v) is 8.26. The molecule has 0 bridgehead atoms. The summed E-state index contributed by atoms with van der Waals surface area (Å²) in [6, 6.07) is 11.4. The van der Waals surface area contributed by atoms with Crippen molar-refractivity contribution in [2.24, 2.45) is 0 Å². The van der Waals surface area contributed by atoms with Gasteiger partial charge in [-0.15, -0.1) is 0 Å². The Morgan fingerprint density at radius 2 is 1.76 bits per heavy atom. The number of nitrogens with one attached hydrogen (secondary N) is 2. The standard InChI is InChI=1S/C17H20ClN3O3S/c1-12-4-5-13(18)10-16(12)19-11-17(22)20-14-6-8-15(9-7-14)25(23,24)21(2)3/h4-10,19H,11H2,1-3H3,(H,20,22). The van der Waals surface area contributed by atoms with Crippen molar-refractivity contribution in [1.82, 2.24) is 4.31 Å². The summed E-state index contributed by atoms with van der Waals surface area (Å²) >= 11 is 5.94. The lowest BCUT2D eigenvalue weighted by Crippen LogP contribution is -2.23. The molecule has 2 aromatic rings. The lowest BCUT2D eigenvalue weighted by molar-refractivity contribution is -0.114. The zero-order valence-electron chi connectivity index (χ0n) is 14.2. The van der Waals surface area contributed by atoms with E-state index in [9.17, 15) is 13.2 Å². The average molecular weight is 382 g/mol. The Bertz CT molecular complexity index is 865. The van der Waals surface area contributed by atoms with Gasteiger partial charge in [-0.1, -0.05) is 17.7 Å². The number of nitrogens with zero attached hydrogens (tertiary/aromatic N) is 1. The molecule has 0 aliphatic carbocycles. The molecule has 0 aliphatic heterocycles. The van der Waals surface area contributed by atoms with E-state index in [0.717, 1.165) is 15.6 Å². The molecular formula is C17H20ClN3O3S. The summed E-state index contributed by atoms with van der Waals surface area (Å²) in [5, 5.41) is 6.33. The van der Waals surface area contributed by atoms with E-state index < -0.39 is 10.0 Å². The van der Waals surface area contributed by atoms with Crippen LogP contribution < -0.4 is 10.6 Å². The zero-order valence-corrected chi connectivity index (χ0v) is 15.8. The molecular weight excluding hydrogens is 362 g/mol. The van der Waals surface area contributed by atoms with Gasteiger partial charge in [-0.3, -0.25) is 4.79 Å². The van der Waals surface area contributed by atoms with Crippen LogP contribution in [0.5, 0.6) is 0 Å². The average Bonchev–Trinajstić information content (AvgIpc) is 2.56. The van der Waals surface area contributed by atoms with Crippen molar-refractivity contribution < 1.29 is 13.2 Å². The molecule has 0 spiro atoms. The molecule has 0 unspecified atom stereocenters. The van der Waals surface area contributed by atoms with Crippen molar-refractivity contribution in [3.8, 4) is 0 Å². The van der Waals surface area contributed by atoms with Gasteiger partial charge in [0, 0.05) is 30.5 Å². The zero-order chi connectivity index (χ0) is 18.6. The molecule has 2 N–H and O–H groups in total. The van der Waals surface area contributed by atoms with Gasteiger partial charge in [0.15, 0.2) is 0 Å². The van der Waals surface area contributed by atoms with Gasteiger partial charge in [0.2, 0.25) is 15.9 Å². The highest BCUT2D eigenvalue weighted by Crippen LogP contribution is 2.20. The summed E-state index contributed by atoms with van der Waals surface area (Å²) in [7, 11) is -0.548. The van der Waals surface area contributed by atoms with E-state index in [1.807, 2.05) is 13.0 Å². The lowest BCUT2D eigenvalue weighted by atomic mass is 10.2. The third kappa shape index (κ3) is 4.94. The lowest BCUT2D eigenvalue weighted by Gasteiger charge is -2.12. The van der Waals surface area contributed by atoms with Crippen molar-refractivity contribution in [3.63, 3.8) is 0 Å². The molecule has 0 atom stereocenters. The Labute approximate surface area is 152 Å². The number of anilines is 2. The quantitative estimate of drug-likeness (QED) is 0.806. The SMILES string of the molecule is Cc1ccc(Cl)cc1NCC(=O)Nc1ccc(S(=O)(=O)N(C)C)cc1. The minimum absolute atomic E-state index is 0.0684. The Hall–Kier alpha value is -2.09. The fourth-order valence-corrected chi connectivity index (χ4v) is 3.16. The summed E-state index contributed by atoms with van der Waals surface area (Å²) in [6.45, 7) is 1.99. The normalized spacial score (nSPS) is 11.4. The molecule has 0 saturated heterocycles.